The normalized spacial score (nSPS) is 17.2. The average Bonchev–Trinajstić information content (AvgIpc) is 3.22. The molecule has 0 unspecified atom stereocenters. The topological polar surface area (TPSA) is 104 Å². The number of halogens is 1. The Morgan fingerprint density at radius 3 is 2.30 bits per heavy atom. The highest BCUT2D eigenvalue weighted by Gasteiger charge is 2.53. The van der Waals surface area contributed by atoms with Crippen molar-refractivity contribution in [3.05, 3.63) is 64.8 Å². The van der Waals surface area contributed by atoms with Crippen LogP contribution in [0.3, 0.4) is 0 Å². The van der Waals surface area contributed by atoms with Crippen molar-refractivity contribution in [2.45, 2.75) is 58.7 Å². The molecule has 0 bridgehead atoms. The largest absolute Gasteiger partial charge is 0.381 e. The molecule has 8 heteroatoms. The van der Waals surface area contributed by atoms with Gasteiger partial charge in [0.25, 0.3) is 5.89 Å². The van der Waals surface area contributed by atoms with Crippen molar-refractivity contribution < 1.29 is 14.7 Å². The van der Waals surface area contributed by atoms with Crippen LogP contribution in [-0.2, 0) is 11.2 Å². The van der Waals surface area contributed by atoms with Crippen LogP contribution in [0.1, 0.15) is 68.7 Å². The van der Waals surface area contributed by atoms with Gasteiger partial charge in [0.2, 0.25) is 5.82 Å². The monoisotopic (exact) mass is 472 g/mol. The maximum Gasteiger partial charge on any atom is 0.258 e. The standard InChI is InChI=1S/C25H32N4O3.ClH/c1-15(2)20-8-7-18(9-16(20)3)25(31,24(6)13-27-14-24)19-10-17(11-26-12-19)21-28-22(32-29-21)23(4,5)30;/h7-12,15,27,30-31H,13-14H2,1-6H3;1H/t25-;/m0./s1. The number of aromatic nitrogens is 3. The predicted octanol–water partition coefficient (Wildman–Crippen LogP) is 4.06. The Balaban J connectivity index is 0.00000306. The van der Waals surface area contributed by atoms with Crippen LogP contribution >= 0.6 is 12.4 Å². The molecule has 1 fully saturated rings. The van der Waals surface area contributed by atoms with Gasteiger partial charge < -0.3 is 20.1 Å². The lowest BCUT2D eigenvalue weighted by Gasteiger charge is -2.52. The van der Waals surface area contributed by atoms with Crippen LogP contribution < -0.4 is 5.32 Å². The number of hydrogen-bond donors (Lipinski definition) is 3. The summed E-state index contributed by atoms with van der Waals surface area (Å²) in [5, 5.41) is 29.8. The van der Waals surface area contributed by atoms with Gasteiger partial charge in [0.1, 0.15) is 11.2 Å². The number of pyridine rings is 1. The van der Waals surface area contributed by atoms with Gasteiger partial charge in [-0.3, -0.25) is 4.98 Å². The van der Waals surface area contributed by atoms with E-state index in [1.165, 1.54) is 5.56 Å². The highest BCUT2D eigenvalue weighted by molar-refractivity contribution is 5.85. The third kappa shape index (κ3) is 4.30. The summed E-state index contributed by atoms with van der Waals surface area (Å²) < 4.78 is 5.23. The fourth-order valence-electron chi connectivity index (χ4n) is 4.52. The van der Waals surface area contributed by atoms with Crippen molar-refractivity contribution in [1.29, 1.82) is 0 Å². The van der Waals surface area contributed by atoms with Crippen LogP contribution in [0.5, 0.6) is 0 Å². The van der Waals surface area contributed by atoms with Crippen LogP contribution in [0, 0.1) is 12.3 Å². The van der Waals surface area contributed by atoms with E-state index in [0.29, 0.717) is 36.0 Å². The van der Waals surface area contributed by atoms with Crippen molar-refractivity contribution in [2.75, 3.05) is 13.1 Å². The molecule has 2 aromatic heterocycles. The Labute approximate surface area is 201 Å². The molecule has 0 amide bonds. The van der Waals surface area contributed by atoms with Gasteiger partial charge in [-0.25, -0.2) is 0 Å². The van der Waals surface area contributed by atoms with Gasteiger partial charge in [-0.2, -0.15) is 4.98 Å². The molecular formula is C25H33ClN4O3. The Morgan fingerprint density at radius 1 is 1.09 bits per heavy atom. The Morgan fingerprint density at radius 2 is 1.79 bits per heavy atom. The number of rotatable bonds is 6. The lowest BCUT2D eigenvalue weighted by Crippen LogP contribution is -2.63. The molecule has 1 saturated heterocycles. The summed E-state index contributed by atoms with van der Waals surface area (Å²) in [6, 6.07) is 8.09. The highest BCUT2D eigenvalue weighted by atomic mass is 35.5. The minimum atomic E-state index is -1.26. The number of hydrogen-bond acceptors (Lipinski definition) is 7. The van der Waals surface area contributed by atoms with Gasteiger partial charge in [-0.05, 0) is 49.4 Å². The first-order valence-electron chi connectivity index (χ1n) is 11.0. The van der Waals surface area contributed by atoms with E-state index < -0.39 is 16.6 Å². The van der Waals surface area contributed by atoms with Gasteiger partial charge in [0, 0.05) is 42.0 Å². The van der Waals surface area contributed by atoms with Crippen LogP contribution in [0.15, 0.2) is 41.2 Å². The van der Waals surface area contributed by atoms with E-state index in [4.69, 9.17) is 4.52 Å². The van der Waals surface area contributed by atoms with Crippen LogP contribution in [-0.4, -0.2) is 38.4 Å². The number of aryl methyl sites for hydroxylation is 1. The molecule has 3 N–H and O–H groups in total. The fourth-order valence-corrected chi connectivity index (χ4v) is 4.52. The fraction of sp³-hybridized carbons (Fsp3) is 0.480. The van der Waals surface area contributed by atoms with E-state index in [1.807, 2.05) is 12.1 Å². The molecule has 1 aromatic carbocycles. The summed E-state index contributed by atoms with van der Waals surface area (Å²) in [6.45, 7) is 13.1. The highest BCUT2D eigenvalue weighted by Crippen LogP contribution is 2.48. The molecule has 1 atom stereocenters. The molecule has 3 heterocycles. The summed E-state index contributed by atoms with van der Waals surface area (Å²) in [6.07, 6.45) is 3.34. The lowest BCUT2D eigenvalue weighted by atomic mass is 9.62. The average molecular weight is 473 g/mol. The minimum absolute atomic E-state index is 0. The summed E-state index contributed by atoms with van der Waals surface area (Å²) in [5.41, 5.74) is 1.65. The summed E-state index contributed by atoms with van der Waals surface area (Å²) in [5.74, 6) is 0.858. The van der Waals surface area contributed by atoms with Gasteiger partial charge in [-0.15, -0.1) is 12.4 Å². The Bertz CT molecular complexity index is 1130. The first-order valence-corrected chi connectivity index (χ1v) is 11.0. The van der Waals surface area contributed by atoms with Crippen molar-refractivity contribution in [3.63, 3.8) is 0 Å². The number of aliphatic hydroxyl groups is 2. The minimum Gasteiger partial charge on any atom is -0.381 e. The second kappa shape index (κ2) is 8.80. The smallest absolute Gasteiger partial charge is 0.258 e. The summed E-state index contributed by atoms with van der Waals surface area (Å²) >= 11 is 0. The van der Waals surface area contributed by atoms with E-state index in [0.717, 1.165) is 11.1 Å². The van der Waals surface area contributed by atoms with Crippen LogP contribution in [0.2, 0.25) is 0 Å². The molecule has 1 aliphatic heterocycles. The summed E-state index contributed by atoms with van der Waals surface area (Å²) in [4.78, 5) is 8.73. The zero-order valence-electron chi connectivity index (χ0n) is 20.0. The van der Waals surface area contributed by atoms with E-state index >= 15 is 0 Å². The van der Waals surface area contributed by atoms with Crippen LogP contribution in [0.25, 0.3) is 11.4 Å². The Hall–Kier alpha value is -2.32. The first-order chi connectivity index (χ1) is 15.0. The molecule has 3 aromatic rings. The molecule has 0 aliphatic carbocycles. The summed E-state index contributed by atoms with van der Waals surface area (Å²) in [7, 11) is 0. The maximum atomic E-state index is 12.3. The zero-order valence-corrected chi connectivity index (χ0v) is 20.8. The molecule has 7 nitrogen and oxygen atoms in total. The van der Waals surface area contributed by atoms with Gasteiger partial charge in [-0.1, -0.05) is 44.1 Å². The second-order valence-corrected chi connectivity index (χ2v) is 10.0. The van der Waals surface area contributed by atoms with Crippen molar-refractivity contribution in [1.82, 2.24) is 20.4 Å². The van der Waals surface area contributed by atoms with E-state index in [2.05, 4.69) is 60.3 Å². The lowest BCUT2D eigenvalue weighted by molar-refractivity contribution is -0.0769. The molecule has 4 rings (SSSR count). The molecule has 0 spiro atoms. The van der Waals surface area contributed by atoms with Gasteiger partial charge in [0.05, 0.1) is 0 Å². The van der Waals surface area contributed by atoms with Crippen LogP contribution in [0.4, 0.5) is 0 Å². The van der Waals surface area contributed by atoms with Crippen molar-refractivity contribution in [2.24, 2.45) is 5.41 Å². The predicted molar refractivity (Wildman–Crippen MR) is 129 cm³/mol. The zero-order chi connectivity index (χ0) is 23.3. The molecule has 1 aliphatic rings. The number of nitrogens with zero attached hydrogens (tertiary/aromatic N) is 3. The number of benzene rings is 1. The molecule has 0 saturated carbocycles. The molecule has 178 valence electrons. The van der Waals surface area contributed by atoms with E-state index in [1.54, 1.807) is 26.2 Å². The third-order valence-electron chi connectivity index (χ3n) is 6.58. The maximum absolute atomic E-state index is 12.3. The van der Waals surface area contributed by atoms with E-state index in [9.17, 15) is 10.2 Å². The van der Waals surface area contributed by atoms with Gasteiger partial charge in [0.15, 0.2) is 0 Å². The van der Waals surface area contributed by atoms with Gasteiger partial charge >= 0.3 is 0 Å². The first kappa shape index (κ1) is 25.3. The molecule has 0 radical (unpaired) electrons. The van der Waals surface area contributed by atoms with Crippen molar-refractivity contribution in [3.8, 4) is 11.4 Å². The molecular weight excluding hydrogens is 440 g/mol. The quantitative estimate of drug-likeness (QED) is 0.497. The SMILES string of the molecule is Cc1cc([C@](O)(c2cncc(-c3noc(C(C)(C)O)n3)c2)C2(C)CNC2)ccc1C(C)C.Cl. The Kier molecular flexibility index (Phi) is 6.75. The van der Waals surface area contributed by atoms with E-state index in [-0.39, 0.29) is 18.3 Å². The molecule has 33 heavy (non-hydrogen) atoms. The second-order valence-electron chi connectivity index (χ2n) is 10.0. The third-order valence-corrected chi connectivity index (χ3v) is 6.58. The number of nitrogens with one attached hydrogen (secondary N) is 1. The van der Waals surface area contributed by atoms with Crippen molar-refractivity contribution >= 4 is 12.4 Å².